The van der Waals surface area contributed by atoms with Gasteiger partial charge in [-0.3, -0.25) is 9.80 Å². The van der Waals surface area contributed by atoms with E-state index >= 15 is 0 Å². The molecular weight excluding hydrogens is 661 g/mol. The number of ether oxygens (including phenoxy) is 1. The third-order valence-electron chi connectivity index (χ3n) is 11.9. The minimum atomic E-state index is -0.00169. The average Bonchev–Trinajstić information content (AvgIpc) is 3.13. The maximum absolute atomic E-state index is 9.79. The Morgan fingerprint density at radius 2 is 1.70 bits per heavy atom. The van der Waals surface area contributed by atoms with Gasteiger partial charge in [0.15, 0.2) is 0 Å². The number of likely N-dealkylation sites (tertiary alicyclic amines) is 1. The molecule has 1 unspecified atom stereocenters. The van der Waals surface area contributed by atoms with Crippen molar-refractivity contribution in [2.75, 3.05) is 39.8 Å². The smallest absolute Gasteiger partial charge is 0.122 e. The Morgan fingerprint density at radius 1 is 1.04 bits per heavy atom. The second-order valence-electron chi connectivity index (χ2n) is 18.1. The van der Waals surface area contributed by atoms with Crippen molar-refractivity contribution in [1.29, 1.82) is 5.26 Å². The molecule has 0 aliphatic carbocycles. The van der Waals surface area contributed by atoms with E-state index in [1.54, 1.807) is 0 Å². The molecule has 294 valence electrons. The highest BCUT2D eigenvalue weighted by Gasteiger charge is 2.28. The fourth-order valence-electron chi connectivity index (χ4n) is 7.91. The van der Waals surface area contributed by atoms with Gasteiger partial charge in [0.05, 0.1) is 12.7 Å². The molecule has 5 heteroatoms. The maximum Gasteiger partial charge on any atom is 0.122 e. The average molecular weight is 733 g/mol. The van der Waals surface area contributed by atoms with Gasteiger partial charge in [0.25, 0.3) is 0 Å². The van der Waals surface area contributed by atoms with Crippen LogP contribution in [0.2, 0.25) is 0 Å². The van der Waals surface area contributed by atoms with Crippen molar-refractivity contribution in [3.8, 4) is 11.8 Å². The number of rotatable bonds is 10. The summed E-state index contributed by atoms with van der Waals surface area (Å²) in [5.74, 6) is 2.97. The highest BCUT2D eigenvalue weighted by atomic mass is 16.5. The van der Waals surface area contributed by atoms with Gasteiger partial charge in [-0.25, -0.2) is 0 Å². The lowest BCUT2D eigenvalue weighted by atomic mass is 9.85. The number of piperidine rings is 1. The van der Waals surface area contributed by atoms with E-state index in [1.165, 1.54) is 56.5 Å². The van der Waals surface area contributed by atoms with Crippen molar-refractivity contribution in [2.45, 2.75) is 127 Å². The standard InChI is InChI=1S/C44H60N4O.C5H12/c1-29(2)40-22-37(42-26-46(11)33(6)31(4)32(42)5)21-30(3)41(40)27-47-18-15-35(16-19-47)28-49-43-14-12-13-38-34(7)48(20-17-39(38)43)25-36(24-45)23-44(8,9)10;1-4-5(2)3/h12-14,21-23,26,29,34-35H,6,15-20,25,27-28H2,1-5,7-11H3;5H,4H2,1-3H3/b36-23+;. The second kappa shape index (κ2) is 18.8. The van der Waals surface area contributed by atoms with Crippen molar-refractivity contribution in [3.63, 3.8) is 0 Å². The van der Waals surface area contributed by atoms with Crippen molar-refractivity contribution in [2.24, 2.45) is 17.3 Å². The predicted octanol–water partition coefficient (Wildman–Crippen LogP) is 12.0. The van der Waals surface area contributed by atoms with E-state index in [0.717, 1.165) is 75.0 Å². The Morgan fingerprint density at radius 3 is 2.30 bits per heavy atom. The number of likely N-dealkylation sites (N-methyl/N-ethyl adjacent to an activating group) is 1. The normalized spacial score (nSPS) is 19.1. The summed E-state index contributed by atoms with van der Waals surface area (Å²) >= 11 is 0. The molecular formula is C49H72N4O. The Kier molecular flexibility index (Phi) is 15.0. The Hall–Kier alpha value is -3.59. The minimum Gasteiger partial charge on any atom is -0.493 e. The van der Waals surface area contributed by atoms with Crippen LogP contribution in [0.3, 0.4) is 0 Å². The van der Waals surface area contributed by atoms with Crippen LogP contribution in [-0.4, -0.2) is 54.5 Å². The highest BCUT2D eigenvalue weighted by Crippen LogP contribution is 2.38. The van der Waals surface area contributed by atoms with E-state index < -0.39 is 0 Å². The molecule has 0 N–H and O–H groups in total. The van der Waals surface area contributed by atoms with Gasteiger partial charge in [-0.1, -0.05) is 98.7 Å². The lowest BCUT2D eigenvalue weighted by molar-refractivity contribution is 0.135. The van der Waals surface area contributed by atoms with Crippen molar-refractivity contribution in [1.82, 2.24) is 14.7 Å². The number of benzene rings is 2. The van der Waals surface area contributed by atoms with Crippen LogP contribution in [0, 0.1) is 35.5 Å². The van der Waals surface area contributed by atoms with Gasteiger partial charge in [-0.05, 0) is 128 Å². The van der Waals surface area contributed by atoms with E-state index in [-0.39, 0.29) is 11.5 Å². The molecule has 2 aromatic carbocycles. The van der Waals surface area contributed by atoms with Crippen LogP contribution in [0.1, 0.15) is 141 Å². The molecule has 54 heavy (non-hydrogen) atoms. The number of fused-ring (bicyclic) bond motifs is 1. The molecule has 3 aliphatic rings. The molecule has 5 nitrogen and oxygen atoms in total. The highest BCUT2D eigenvalue weighted by molar-refractivity contribution is 5.82. The molecule has 1 atom stereocenters. The number of nitrogens with zero attached hydrogens (tertiary/aromatic N) is 4. The van der Waals surface area contributed by atoms with Crippen LogP contribution in [0.4, 0.5) is 0 Å². The SMILES string of the molecule is C=C1C(C)=C(C)C(c2cc(C)c(CN3CCC(COc4cccc5c4CCN(C/C(C#N)=C/C(C)(C)C)C5C)CC3)c(C(C)C)c2)=CN1C.CCC(C)C. The van der Waals surface area contributed by atoms with E-state index in [4.69, 9.17) is 4.74 Å². The molecule has 0 aromatic heterocycles. The minimum absolute atomic E-state index is 0.00169. The maximum atomic E-state index is 9.79. The molecule has 0 radical (unpaired) electrons. The summed E-state index contributed by atoms with van der Waals surface area (Å²) in [6.45, 7) is 36.7. The molecule has 0 saturated carbocycles. The molecule has 0 bridgehead atoms. The molecule has 3 aliphatic heterocycles. The molecule has 0 spiro atoms. The van der Waals surface area contributed by atoms with Gasteiger partial charge in [0.1, 0.15) is 5.75 Å². The summed E-state index contributed by atoms with van der Waals surface area (Å²) in [6.07, 6.45) is 8.95. The lowest BCUT2D eigenvalue weighted by Gasteiger charge is -2.36. The molecule has 3 heterocycles. The summed E-state index contributed by atoms with van der Waals surface area (Å²) in [5.41, 5.74) is 14.2. The predicted molar refractivity (Wildman–Crippen MR) is 230 cm³/mol. The van der Waals surface area contributed by atoms with Crippen LogP contribution in [-0.2, 0) is 13.0 Å². The topological polar surface area (TPSA) is 42.7 Å². The van der Waals surface area contributed by atoms with Crippen LogP contribution >= 0.6 is 0 Å². The molecule has 0 amide bonds. The van der Waals surface area contributed by atoms with E-state index in [9.17, 15) is 5.26 Å². The first kappa shape index (κ1) is 43.1. The molecule has 5 rings (SSSR count). The third-order valence-corrected chi connectivity index (χ3v) is 11.9. The third kappa shape index (κ3) is 11.0. The van der Waals surface area contributed by atoms with Gasteiger partial charge in [0.2, 0.25) is 0 Å². The van der Waals surface area contributed by atoms with Crippen molar-refractivity contribution in [3.05, 3.63) is 105 Å². The zero-order valence-electron chi connectivity index (χ0n) is 36.3. The first-order valence-electron chi connectivity index (χ1n) is 20.7. The van der Waals surface area contributed by atoms with E-state index in [1.807, 2.05) is 0 Å². The fraction of sp³-hybridized carbons (Fsp3) is 0.571. The molecule has 2 aromatic rings. The number of allylic oxidation sites excluding steroid dienone is 4. The van der Waals surface area contributed by atoms with Gasteiger partial charge in [-0.2, -0.15) is 5.26 Å². The Bertz CT molecular complexity index is 1750. The summed E-state index contributed by atoms with van der Waals surface area (Å²) in [7, 11) is 2.10. The Balaban J connectivity index is 0.00000122. The van der Waals surface area contributed by atoms with Crippen molar-refractivity contribution < 1.29 is 4.74 Å². The lowest BCUT2D eigenvalue weighted by Crippen LogP contribution is -2.36. The van der Waals surface area contributed by atoms with Gasteiger partial charge < -0.3 is 9.64 Å². The van der Waals surface area contributed by atoms with E-state index in [0.29, 0.717) is 18.4 Å². The van der Waals surface area contributed by atoms with Crippen LogP contribution in [0.15, 0.2) is 71.6 Å². The monoisotopic (exact) mass is 733 g/mol. The number of nitriles is 1. The molecule has 1 fully saturated rings. The van der Waals surface area contributed by atoms with Crippen molar-refractivity contribution >= 4 is 5.57 Å². The number of aryl methyl sites for hydroxylation is 1. The number of hydrogen-bond donors (Lipinski definition) is 0. The Labute approximate surface area is 330 Å². The zero-order chi connectivity index (χ0) is 39.9. The summed E-state index contributed by atoms with van der Waals surface area (Å²) in [6, 6.07) is 14.1. The first-order chi connectivity index (χ1) is 25.4. The van der Waals surface area contributed by atoms with E-state index in [2.05, 4.69) is 160 Å². The van der Waals surface area contributed by atoms with Crippen LogP contribution in [0.5, 0.6) is 5.75 Å². The molecule has 1 saturated heterocycles. The largest absolute Gasteiger partial charge is 0.493 e. The quantitative estimate of drug-likeness (QED) is 0.228. The zero-order valence-corrected chi connectivity index (χ0v) is 36.3. The summed E-state index contributed by atoms with van der Waals surface area (Å²) < 4.78 is 6.60. The summed E-state index contributed by atoms with van der Waals surface area (Å²) in [4.78, 5) is 7.25. The fourth-order valence-corrected chi connectivity index (χ4v) is 7.91. The summed E-state index contributed by atoms with van der Waals surface area (Å²) in [5, 5.41) is 9.79. The van der Waals surface area contributed by atoms with Crippen LogP contribution < -0.4 is 4.74 Å². The number of hydrogen-bond acceptors (Lipinski definition) is 5. The second-order valence-corrected chi connectivity index (χ2v) is 18.1. The first-order valence-corrected chi connectivity index (χ1v) is 20.7. The van der Waals surface area contributed by atoms with Gasteiger partial charge >= 0.3 is 0 Å². The van der Waals surface area contributed by atoms with Crippen LogP contribution in [0.25, 0.3) is 5.57 Å². The van der Waals surface area contributed by atoms with Gasteiger partial charge in [0, 0.05) is 61.3 Å². The van der Waals surface area contributed by atoms with Gasteiger partial charge in [-0.15, -0.1) is 0 Å².